The lowest BCUT2D eigenvalue weighted by Crippen LogP contribution is -2.51. The van der Waals surface area contributed by atoms with E-state index in [2.05, 4.69) is 0 Å². The van der Waals surface area contributed by atoms with E-state index in [9.17, 15) is 29.7 Å². The number of esters is 1. The second kappa shape index (κ2) is 7.26. The lowest BCUT2D eigenvalue weighted by molar-refractivity contribution is -0.165. The third kappa shape index (κ3) is 3.26. The van der Waals surface area contributed by atoms with Gasteiger partial charge in [0.1, 0.15) is 18.3 Å². The number of hydrogen-bond donors (Lipinski definition) is 4. The number of aromatic nitrogens is 2. The van der Waals surface area contributed by atoms with Gasteiger partial charge >= 0.3 is 11.7 Å². The van der Waals surface area contributed by atoms with Crippen LogP contribution in [-0.2, 0) is 20.0 Å². The number of ether oxygens (including phenoxy) is 2. The molecule has 1 aromatic heterocycles. The quantitative estimate of drug-likeness (QED) is 0.419. The summed E-state index contributed by atoms with van der Waals surface area (Å²) in [5.74, 6) is -0.577. The van der Waals surface area contributed by atoms with Gasteiger partial charge in [0, 0.05) is 18.7 Å². The molecule has 134 valence electrons. The minimum Gasteiger partial charge on any atom is -0.466 e. The normalized spacial score (nSPS) is 29.6. The summed E-state index contributed by atoms with van der Waals surface area (Å²) in [5.41, 5.74) is -3.35. The van der Waals surface area contributed by atoms with Gasteiger partial charge in [-0.3, -0.25) is 19.1 Å². The zero-order valence-electron chi connectivity index (χ0n) is 13.0. The fourth-order valence-corrected chi connectivity index (χ4v) is 2.77. The first-order valence-electron chi connectivity index (χ1n) is 7.48. The van der Waals surface area contributed by atoms with E-state index >= 15 is 0 Å². The Balaban J connectivity index is 2.44. The summed E-state index contributed by atoms with van der Waals surface area (Å²) >= 11 is 0. The van der Waals surface area contributed by atoms with Crippen molar-refractivity contribution in [3.8, 4) is 0 Å². The van der Waals surface area contributed by atoms with Crippen molar-refractivity contribution in [3.05, 3.63) is 33.1 Å². The Kier molecular flexibility index (Phi) is 5.54. The van der Waals surface area contributed by atoms with E-state index < -0.39 is 47.9 Å². The largest absolute Gasteiger partial charge is 0.466 e. The van der Waals surface area contributed by atoms with Gasteiger partial charge in [0.05, 0.1) is 19.6 Å². The molecular weight excluding hydrogens is 324 g/mol. The number of rotatable bonds is 6. The summed E-state index contributed by atoms with van der Waals surface area (Å²) < 4.78 is 11.3. The predicted molar refractivity (Wildman–Crippen MR) is 79.1 cm³/mol. The van der Waals surface area contributed by atoms with Crippen molar-refractivity contribution in [1.82, 2.24) is 9.55 Å². The molecule has 0 unspecified atom stereocenters. The van der Waals surface area contributed by atoms with E-state index in [0.717, 1.165) is 16.8 Å². The van der Waals surface area contributed by atoms with Crippen molar-refractivity contribution < 1.29 is 29.6 Å². The van der Waals surface area contributed by atoms with Crippen molar-refractivity contribution >= 4 is 5.97 Å². The summed E-state index contributed by atoms with van der Waals surface area (Å²) in [7, 11) is 0. The Morgan fingerprint density at radius 1 is 1.46 bits per heavy atom. The molecule has 2 heterocycles. The molecule has 10 nitrogen and oxygen atoms in total. The number of H-pyrrole nitrogens is 1. The van der Waals surface area contributed by atoms with Gasteiger partial charge < -0.3 is 24.8 Å². The Bertz CT molecular complexity index is 699. The Morgan fingerprint density at radius 3 is 2.71 bits per heavy atom. The topological polar surface area (TPSA) is 151 Å². The second-order valence-electron chi connectivity index (χ2n) is 5.40. The molecule has 0 aliphatic carbocycles. The molecule has 0 bridgehead atoms. The first kappa shape index (κ1) is 18.3. The molecule has 1 fully saturated rings. The molecular formula is C14H20N2O8. The lowest BCUT2D eigenvalue weighted by atomic mass is 9.97. The van der Waals surface area contributed by atoms with E-state index in [0.29, 0.717) is 0 Å². The first-order valence-corrected chi connectivity index (χ1v) is 7.48. The number of hydrogen-bond acceptors (Lipinski definition) is 8. The van der Waals surface area contributed by atoms with Crippen LogP contribution >= 0.6 is 0 Å². The van der Waals surface area contributed by atoms with Crippen molar-refractivity contribution in [2.24, 2.45) is 0 Å². The number of nitrogens with one attached hydrogen (secondary N) is 1. The number of carbonyl (C=O) groups is 1. The molecule has 2 rings (SSSR count). The summed E-state index contributed by atoms with van der Waals surface area (Å²) in [4.78, 5) is 37.0. The molecule has 0 amide bonds. The van der Waals surface area contributed by atoms with Crippen LogP contribution in [0.5, 0.6) is 0 Å². The molecule has 10 heteroatoms. The monoisotopic (exact) mass is 344 g/mol. The molecule has 0 radical (unpaired) electrons. The third-order valence-electron chi connectivity index (χ3n) is 3.93. The highest BCUT2D eigenvalue weighted by molar-refractivity contribution is 5.69. The van der Waals surface area contributed by atoms with Crippen LogP contribution in [0.25, 0.3) is 0 Å². The second-order valence-corrected chi connectivity index (χ2v) is 5.40. The van der Waals surface area contributed by atoms with Gasteiger partial charge in [0.2, 0.25) is 0 Å². The van der Waals surface area contributed by atoms with Crippen molar-refractivity contribution in [1.29, 1.82) is 0 Å². The zero-order valence-corrected chi connectivity index (χ0v) is 13.0. The molecule has 1 aliphatic rings. The van der Waals surface area contributed by atoms with Crippen LogP contribution in [0.2, 0.25) is 0 Å². The van der Waals surface area contributed by atoms with Crippen LogP contribution in [0.4, 0.5) is 0 Å². The lowest BCUT2D eigenvalue weighted by Gasteiger charge is -2.33. The standard InChI is InChI=1S/C14H20N2O8/c1-2-23-10(19)3-5-14(12(21)11(20)8(7-17)24-14)16-6-4-9(18)15-13(16)22/h4,6,8,11-12,17,20-21H,2-3,5,7H2,1H3,(H,15,18,22)/t8-,11-,12-,14-/m1/s1. The van der Waals surface area contributed by atoms with Gasteiger partial charge in [-0.1, -0.05) is 0 Å². The third-order valence-corrected chi connectivity index (χ3v) is 3.93. The van der Waals surface area contributed by atoms with E-state index in [1.165, 1.54) is 0 Å². The molecule has 1 aliphatic heterocycles. The highest BCUT2D eigenvalue weighted by Crippen LogP contribution is 2.38. The maximum Gasteiger partial charge on any atom is 0.330 e. The number of aliphatic hydroxyl groups is 3. The average Bonchev–Trinajstić information content (AvgIpc) is 2.78. The molecule has 0 aromatic carbocycles. The van der Waals surface area contributed by atoms with Crippen molar-refractivity contribution in [3.63, 3.8) is 0 Å². The maximum atomic E-state index is 12.1. The first-order chi connectivity index (χ1) is 11.4. The van der Waals surface area contributed by atoms with Crippen LogP contribution in [0.15, 0.2) is 21.9 Å². The van der Waals surface area contributed by atoms with Crippen LogP contribution in [0.1, 0.15) is 19.8 Å². The van der Waals surface area contributed by atoms with Crippen LogP contribution < -0.4 is 11.2 Å². The molecule has 4 N–H and O–H groups in total. The highest BCUT2D eigenvalue weighted by Gasteiger charge is 2.55. The maximum absolute atomic E-state index is 12.1. The van der Waals surface area contributed by atoms with E-state index in [1.807, 2.05) is 4.98 Å². The fourth-order valence-electron chi connectivity index (χ4n) is 2.77. The smallest absolute Gasteiger partial charge is 0.330 e. The van der Waals surface area contributed by atoms with E-state index in [-0.39, 0.29) is 19.4 Å². The molecule has 24 heavy (non-hydrogen) atoms. The molecule has 1 saturated heterocycles. The van der Waals surface area contributed by atoms with Crippen LogP contribution in [-0.4, -0.2) is 62.4 Å². The number of aliphatic hydroxyl groups excluding tert-OH is 3. The zero-order chi connectivity index (χ0) is 17.9. The molecule has 0 spiro atoms. The minimum atomic E-state index is -1.82. The number of aromatic amines is 1. The predicted octanol–water partition coefficient (Wildman–Crippen LogP) is -2.35. The summed E-state index contributed by atoms with van der Waals surface area (Å²) in [6.45, 7) is 1.19. The van der Waals surface area contributed by atoms with Gasteiger partial charge in [-0.15, -0.1) is 0 Å². The minimum absolute atomic E-state index is 0.162. The van der Waals surface area contributed by atoms with Gasteiger partial charge in [-0.25, -0.2) is 4.79 Å². The number of nitrogens with zero attached hydrogens (tertiary/aromatic N) is 1. The van der Waals surface area contributed by atoms with Crippen molar-refractivity contribution in [2.45, 2.75) is 43.8 Å². The molecule has 1 aromatic rings. The van der Waals surface area contributed by atoms with E-state index in [1.54, 1.807) is 6.92 Å². The summed E-state index contributed by atoms with van der Waals surface area (Å²) in [5, 5.41) is 29.7. The SMILES string of the molecule is CCOC(=O)CC[C@@]1(n2ccc(=O)[nH]c2=O)O[C@H](CO)[C@@H](O)[C@H]1O. The van der Waals surface area contributed by atoms with E-state index in [4.69, 9.17) is 9.47 Å². The average molecular weight is 344 g/mol. The Morgan fingerprint density at radius 2 is 2.17 bits per heavy atom. The Hall–Kier alpha value is -2.01. The van der Waals surface area contributed by atoms with Gasteiger partial charge in [0.15, 0.2) is 5.72 Å². The van der Waals surface area contributed by atoms with Crippen LogP contribution in [0, 0.1) is 0 Å². The fraction of sp³-hybridized carbons (Fsp3) is 0.643. The number of carbonyl (C=O) groups excluding carboxylic acids is 1. The van der Waals surface area contributed by atoms with Crippen LogP contribution in [0.3, 0.4) is 0 Å². The van der Waals surface area contributed by atoms with Gasteiger partial charge in [-0.2, -0.15) is 0 Å². The van der Waals surface area contributed by atoms with Gasteiger partial charge in [0.25, 0.3) is 5.56 Å². The highest BCUT2D eigenvalue weighted by atomic mass is 16.6. The van der Waals surface area contributed by atoms with Crippen molar-refractivity contribution in [2.75, 3.05) is 13.2 Å². The molecule has 4 atom stereocenters. The summed E-state index contributed by atoms with van der Waals surface area (Å²) in [6, 6.07) is 1.04. The summed E-state index contributed by atoms with van der Waals surface area (Å²) in [6.07, 6.45) is -3.54. The Labute approximate surface area is 136 Å². The van der Waals surface area contributed by atoms with Gasteiger partial charge in [-0.05, 0) is 6.92 Å². The molecule has 0 saturated carbocycles.